The maximum Gasteiger partial charge on any atom is 0.244 e. The summed E-state index contributed by atoms with van der Waals surface area (Å²) in [5, 5.41) is 3.54. The van der Waals surface area contributed by atoms with Gasteiger partial charge < -0.3 is 15.0 Å². The third kappa shape index (κ3) is 8.02. The van der Waals surface area contributed by atoms with Gasteiger partial charge in [0.15, 0.2) is 0 Å². The van der Waals surface area contributed by atoms with E-state index in [1.54, 1.807) is 56.3 Å². The Kier molecular flexibility index (Phi) is 10.7. The van der Waals surface area contributed by atoms with Gasteiger partial charge in [0.2, 0.25) is 21.8 Å². The number of nitrogens with zero attached hydrogens (tertiary/aromatic N) is 2. The molecule has 11 heteroatoms. The smallest absolute Gasteiger partial charge is 0.244 e. The number of hydrogen-bond acceptors (Lipinski definition) is 5. The minimum atomic E-state index is -3.87. The minimum Gasteiger partial charge on any atom is -0.492 e. The first-order valence-corrected chi connectivity index (χ1v) is 13.8. The summed E-state index contributed by atoms with van der Waals surface area (Å²) in [6.07, 6.45) is 1.74. The molecule has 0 aliphatic rings. The van der Waals surface area contributed by atoms with E-state index in [0.29, 0.717) is 34.5 Å². The molecule has 192 valence electrons. The number of para-hydroxylation sites is 2. The van der Waals surface area contributed by atoms with Crippen LogP contribution < -0.4 is 14.4 Å². The summed E-state index contributed by atoms with van der Waals surface area (Å²) in [6.45, 7) is 5.51. The largest absolute Gasteiger partial charge is 0.492 e. The molecule has 0 saturated heterocycles. The molecule has 0 aliphatic carbocycles. The van der Waals surface area contributed by atoms with Gasteiger partial charge in [0.25, 0.3) is 0 Å². The monoisotopic (exact) mass is 543 g/mol. The van der Waals surface area contributed by atoms with E-state index in [9.17, 15) is 18.0 Å². The topological polar surface area (TPSA) is 96.0 Å². The molecule has 2 aromatic carbocycles. The van der Waals surface area contributed by atoms with E-state index >= 15 is 0 Å². The average molecular weight is 545 g/mol. The summed E-state index contributed by atoms with van der Waals surface area (Å²) in [4.78, 5) is 27.6. The molecule has 0 radical (unpaired) electrons. The highest BCUT2D eigenvalue weighted by molar-refractivity contribution is 7.92. The lowest BCUT2D eigenvalue weighted by molar-refractivity contribution is -0.139. The van der Waals surface area contributed by atoms with Gasteiger partial charge in [0.1, 0.15) is 18.3 Å². The van der Waals surface area contributed by atoms with Crippen molar-refractivity contribution in [1.29, 1.82) is 0 Å². The summed E-state index contributed by atoms with van der Waals surface area (Å²) in [7, 11) is -3.87. The second-order valence-corrected chi connectivity index (χ2v) is 10.6. The van der Waals surface area contributed by atoms with Gasteiger partial charge in [-0.1, -0.05) is 48.3 Å². The van der Waals surface area contributed by atoms with Crippen molar-refractivity contribution in [2.24, 2.45) is 0 Å². The molecule has 0 fully saturated rings. The molecule has 2 aromatic rings. The highest BCUT2D eigenvalue weighted by Gasteiger charge is 2.31. The van der Waals surface area contributed by atoms with Gasteiger partial charge in [-0.3, -0.25) is 13.9 Å². The molecule has 1 N–H and O–H groups in total. The van der Waals surface area contributed by atoms with E-state index in [0.717, 1.165) is 17.0 Å². The number of rotatable bonds is 12. The average Bonchev–Trinajstić information content (AvgIpc) is 2.80. The van der Waals surface area contributed by atoms with Gasteiger partial charge in [-0.2, -0.15) is 0 Å². The normalized spacial score (nSPS) is 12.1. The number of benzene rings is 2. The van der Waals surface area contributed by atoms with E-state index in [2.05, 4.69) is 5.32 Å². The van der Waals surface area contributed by atoms with Crippen LogP contribution in [0.1, 0.15) is 32.8 Å². The third-order valence-corrected chi connectivity index (χ3v) is 6.90. The zero-order valence-corrected chi connectivity index (χ0v) is 22.6. The lowest BCUT2D eigenvalue weighted by Crippen LogP contribution is -2.51. The Bertz CT molecular complexity index is 1140. The lowest BCUT2D eigenvalue weighted by atomic mass is 10.1. The molecule has 1 unspecified atom stereocenters. The van der Waals surface area contributed by atoms with Crippen LogP contribution in [0.25, 0.3) is 0 Å². The van der Waals surface area contributed by atoms with Crippen LogP contribution in [0.4, 0.5) is 5.69 Å². The zero-order valence-electron chi connectivity index (χ0n) is 20.3. The fourth-order valence-corrected chi connectivity index (χ4v) is 4.67. The van der Waals surface area contributed by atoms with Gasteiger partial charge in [-0.15, -0.1) is 0 Å². The molecular formula is C24H31Cl2N3O5S. The number of hydrogen-bond donors (Lipinski definition) is 1. The van der Waals surface area contributed by atoms with Crippen molar-refractivity contribution in [3.05, 3.63) is 58.1 Å². The standard InChI is InChI=1S/C24H31Cl2N3O5S/c1-5-13-27-24(31)17(3)28(15-18-11-12-19(25)14-20(18)26)23(30)16-29(35(4,32)33)21-9-7-8-10-22(21)34-6-2/h7-12,14,17H,5-6,13,15-16H2,1-4H3,(H,27,31). The summed E-state index contributed by atoms with van der Waals surface area (Å²) in [5.74, 6) is -0.605. The van der Waals surface area contributed by atoms with E-state index in [1.807, 2.05) is 6.92 Å². The highest BCUT2D eigenvalue weighted by atomic mass is 35.5. The van der Waals surface area contributed by atoms with Crippen LogP contribution in [0.15, 0.2) is 42.5 Å². The van der Waals surface area contributed by atoms with E-state index < -0.39 is 28.5 Å². The predicted molar refractivity (Wildman–Crippen MR) is 140 cm³/mol. The van der Waals surface area contributed by atoms with Crippen LogP contribution in [0, 0.1) is 0 Å². The Balaban J connectivity index is 2.45. The number of ether oxygens (including phenoxy) is 1. The molecule has 0 saturated carbocycles. The maximum absolute atomic E-state index is 13.6. The number of carbonyl (C=O) groups excluding carboxylic acids is 2. The van der Waals surface area contributed by atoms with Crippen LogP contribution in [0.3, 0.4) is 0 Å². The van der Waals surface area contributed by atoms with Crippen LogP contribution in [-0.2, 0) is 26.2 Å². The van der Waals surface area contributed by atoms with Crippen LogP contribution >= 0.6 is 23.2 Å². The molecule has 0 bridgehead atoms. The van der Waals surface area contributed by atoms with Crippen LogP contribution in [0.5, 0.6) is 5.75 Å². The van der Waals surface area contributed by atoms with E-state index in [1.165, 1.54) is 4.90 Å². The van der Waals surface area contributed by atoms with Gasteiger partial charge >= 0.3 is 0 Å². The third-order valence-electron chi connectivity index (χ3n) is 5.19. The second kappa shape index (κ2) is 13.0. The Hall–Kier alpha value is -2.49. The first kappa shape index (κ1) is 28.7. The molecule has 0 spiro atoms. The molecule has 0 heterocycles. The SMILES string of the molecule is CCCNC(=O)C(C)N(Cc1ccc(Cl)cc1Cl)C(=O)CN(c1ccccc1OCC)S(C)(=O)=O. The van der Waals surface area contributed by atoms with Crippen LogP contribution in [-0.4, -0.2) is 57.1 Å². The molecule has 1 atom stereocenters. The molecule has 2 amide bonds. The highest BCUT2D eigenvalue weighted by Crippen LogP contribution is 2.30. The first-order chi connectivity index (χ1) is 16.5. The van der Waals surface area contributed by atoms with Crippen molar-refractivity contribution < 1.29 is 22.7 Å². The fourth-order valence-electron chi connectivity index (χ4n) is 3.35. The Morgan fingerprint density at radius 1 is 1.11 bits per heavy atom. The fraction of sp³-hybridized carbons (Fsp3) is 0.417. The number of amides is 2. The zero-order chi connectivity index (χ0) is 26.2. The summed E-state index contributed by atoms with van der Waals surface area (Å²) in [6, 6.07) is 10.5. The lowest BCUT2D eigenvalue weighted by Gasteiger charge is -2.32. The number of anilines is 1. The first-order valence-electron chi connectivity index (χ1n) is 11.2. The molecule has 0 aromatic heterocycles. The van der Waals surface area contributed by atoms with Gasteiger partial charge in [-0.25, -0.2) is 8.42 Å². The van der Waals surface area contributed by atoms with E-state index in [-0.39, 0.29) is 18.1 Å². The summed E-state index contributed by atoms with van der Waals surface area (Å²) < 4.78 is 32.0. The number of halogens is 2. The van der Waals surface area contributed by atoms with Crippen molar-refractivity contribution >= 4 is 50.7 Å². The molecular weight excluding hydrogens is 513 g/mol. The van der Waals surface area contributed by atoms with Crippen molar-refractivity contribution in [1.82, 2.24) is 10.2 Å². The number of carbonyl (C=O) groups is 2. The van der Waals surface area contributed by atoms with Crippen molar-refractivity contribution in [3.8, 4) is 5.75 Å². The van der Waals surface area contributed by atoms with Crippen molar-refractivity contribution in [2.45, 2.75) is 39.8 Å². The Morgan fingerprint density at radius 3 is 2.40 bits per heavy atom. The summed E-state index contributed by atoms with van der Waals surface area (Å²) >= 11 is 12.3. The second-order valence-electron chi connectivity index (χ2n) is 7.89. The molecule has 2 rings (SSSR count). The molecule has 8 nitrogen and oxygen atoms in total. The molecule has 0 aliphatic heterocycles. The predicted octanol–water partition coefficient (Wildman–Crippen LogP) is 4.10. The van der Waals surface area contributed by atoms with Crippen LogP contribution in [0.2, 0.25) is 10.0 Å². The quantitative estimate of drug-likeness (QED) is 0.434. The maximum atomic E-state index is 13.6. The van der Waals surface area contributed by atoms with Gasteiger partial charge in [0, 0.05) is 23.1 Å². The number of sulfonamides is 1. The number of nitrogens with one attached hydrogen (secondary N) is 1. The minimum absolute atomic E-state index is 0.0136. The molecule has 35 heavy (non-hydrogen) atoms. The van der Waals surface area contributed by atoms with Gasteiger partial charge in [0.05, 0.1) is 18.6 Å². The van der Waals surface area contributed by atoms with Gasteiger partial charge in [-0.05, 0) is 50.1 Å². The van der Waals surface area contributed by atoms with E-state index in [4.69, 9.17) is 27.9 Å². The Morgan fingerprint density at radius 2 is 1.80 bits per heavy atom. The Labute approximate surface area is 217 Å². The van der Waals surface area contributed by atoms with Crippen molar-refractivity contribution in [2.75, 3.05) is 30.3 Å². The summed E-state index contributed by atoms with van der Waals surface area (Å²) in [5.41, 5.74) is 0.804. The van der Waals surface area contributed by atoms with Crippen molar-refractivity contribution in [3.63, 3.8) is 0 Å².